The summed E-state index contributed by atoms with van der Waals surface area (Å²) in [5.74, 6) is -0.703. The van der Waals surface area contributed by atoms with E-state index in [0.29, 0.717) is 6.61 Å². The molecule has 0 saturated heterocycles. The van der Waals surface area contributed by atoms with Crippen LogP contribution >= 0.6 is 11.5 Å². The van der Waals surface area contributed by atoms with Crippen LogP contribution < -0.4 is 0 Å². The molecular weight excluding hydrogens is 190 g/mol. The van der Waals surface area contributed by atoms with Gasteiger partial charge in [-0.05, 0) is 18.5 Å². The van der Waals surface area contributed by atoms with Crippen LogP contribution in [0.2, 0.25) is 0 Å². The summed E-state index contributed by atoms with van der Waals surface area (Å²) in [5.41, 5.74) is 0.461. The lowest BCUT2D eigenvalue weighted by Crippen LogP contribution is -2.08. The van der Waals surface area contributed by atoms with E-state index in [2.05, 4.69) is 4.37 Å². The Kier molecular flexibility index (Phi) is 3.13. The number of ether oxygens (including phenoxy) is 1. The maximum Gasteiger partial charge on any atom is 0.341 e. The van der Waals surface area contributed by atoms with Crippen molar-refractivity contribution in [2.24, 2.45) is 0 Å². The average molecular weight is 199 g/mol. The van der Waals surface area contributed by atoms with E-state index in [9.17, 15) is 9.59 Å². The fourth-order valence-electron chi connectivity index (χ4n) is 0.844. The van der Waals surface area contributed by atoms with Gasteiger partial charge < -0.3 is 4.74 Å². The van der Waals surface area contributed by atoms with Crippen LogP contribution in [0.1, 0.15) is 34.7 Å². The molecule has 70 valence electrons. The number of hydrogen-bond donors (Lipinski definition) is 0. The molecule has 0 aliphatic rings. The van der Waals surface area contributed by atoms with Crippen LogP contribution in [-0.4, -0.2) is 22.7 Å². The fraction of sp³-hybridized carbons (Fsp3) is 0.375. The number of Topliss-reactive ketones (excluding diaryl/α,β-unsaturated/α-hetero) is 1. The maximum absolute atomic E-state index is 11.2. The van der Waals surface area contributed by atoms with Crippen molar-refractivity contribution in [1.29, 1.82) is 0 Å². The van der Waals surface area contributed by atoms with Crippen LogP contribution in [-0.2, 0) is 4.74 Å². The molecule has 0 spiro atoms. The molecule has 0 fully saturated rings. The SMILES string of the molecule is CCOC(=O)c1csnc1C(C)=O. The molecule has 5 heteroatoms. The summed E-state index contributed by atoms with van der Waals surface area (Å²) in [7, 11) is 0. The molecule has 0 amide bonds. The molecule has 0 aliphatic heterocycles. The highest BCUT2D eigenvalue weighted by Crippen LogP contribution is 2.12. The zero-order valence-corrected chi connectivity index (χ0v) is 8.18. The van der Waals surface area contributed by atoms with Gasteiger partial charge in [0.15, 0.2) is 5.78 Å². The summed E-state index contributed by atoms with van der Waals surface area (Å²) in [4.78, 5) is 22.2. The van der Waals surface area contributed by atoms with Gasteiger partial charge in [-0.2, -0.15) is 4.37 Å². The van der Waals surface area contributed by atoms with Gasteiger partial charge in [-0.1, -0.05) is 0 Å². The van der Waals surface area contributed by atoms with Crippen LogP contribution in [0.15, 0.2) is 5.38 Å². The largest absolute Gasteiger partial charge is 0.462 e. The highest BCUT2D eigenvalue weighted by molar-refractivity contribution is 7.04. The molecule has 1 aromatic heterocycles. The van der Waals surface area contributed by atoms with E-state index in [-0.39, 0.29) is 17.0 Å². The van der Waals surface area contributed by atoms with Crippen molar-refractivity contribution in [3.63, 3.8) is 0 Å². The molecule has 0 aliphatic carbocycles. The number of carbonyl (C=O) groups is 2. The minimum Gasteiger partial charge on any atom is -0.462 e. The second-order valence-electron chi connectivity index (χ2n) is 2.35. The van der Waals surface area contributed by atoms with Crippen molar-refractivity contribution < 1.29 is 14.3 Å². The normalized spacial score (nSPS) is 9.69. The van der Waals surface area contributed by atoms with Crippen LogP contribution in [0.5, 0.6) is 0 Å². The summed E-state index contributed by atoms with van der Waals surface area (Å²) in [6.07, 6.45) is 0. The minimum absolute atomic E-state index is 0.198. The fourth-order valence-corrected chi connectivity index (χ4v) is 1.54. The summed E-state index contributed by atoms with van der Waals surface area (Å²) in [5, 5.41) is 1.52. The Morgan fingerprint density at radius 2 is 2.31 bits per heavy atom. The van der Waals surface area contributed by atoms with E-state index in [1.807, 2.05) is 0 Å². The predicted octanol–water partition coefficient (Wildman–Crippen LogP) is 1.52. The van der Waals surface area contributed by atoms with Crippen molar-refractivity contribution in [3.8, 4) is 0 Å². The van der Waals surface area contributed by atoms with Gasteiger partial charge in [0.1, 0.15) is 11.3 Å². The predicted molar refractivity (Wildman–Crippen MR) is 48.1 cm³/mol. The van der Waals surface area contributed by atoms with Crippen molar-refractivity contribution in [1.82, 2.24) is 4.37 Å². The third kappa shape index (κ3) is 2.12. The van der Waals surface area contributed by atoms with E-state index in [1.54, 1.807) is 6.92 Å². The molecular formula is C8H9NO3S. The van der Waals surface area contributed by atoms with E-state index in [4.69, 9.17) is 4.74 Å². The van der Waals surface area contributed by atoms with E-state index < -0.39 is 5.97 Å². The summed E-state index contributed by atoms with van der Waals surface area (Å²) in [6.45, 7) is 3.38. The number of carbonyl (C=O) groups excluding carboxylic acids is 2. The van der Waals surface area contributed by atoms with Gasteiger partial charge >= 0.3 is 5.97 Å². The number of rotatable bonds is 3. The Labute approximate surface area is 79.7 Å². The van der Waals surface area contributed by atoms with Gasteiger partial charge in [0.25, 0.3) is 0 Å². The number of esters is 1. The standard InChI is InChI=1S/C8H9NO3S/c1-3-12-8(11)6-4-13-9-7(6)5(2)10/h4H,3H2,1-2H3. The molecule has 0 radical (unpaired) electrons. The van der Waals surface area contributed by atoms with Gasteiger partial charge in [-0.25, -0.2) is 4.79 Å². The van der Waals surface area contributed by atoms with Gasteiger partial charge in [0, 0.05) is 12.3 Å². The maximum atomic E-state index is 11.2. The van der Waals surface area contributed by atoms with Gasteiger partial charge in [-0.3, -0.25) is 4.79 Å². The second kappa shape index (κ2) is 4.13. The Morgan fingerprint density at radius 1 is 1.62 bits per heavy atom. The van der Waals surface area contributed by atoms with E-state index >= 15 is 0 Å². The zero-order valence-electron chi connectivity index (χ0n) is 7.36. The first-order chi connectivity index (χ1) is 6.16. The molecule has 13 heavy (non-hydrogen) atoms. The van der Waals surface area contributed by atoms with Crippen molar-refractivity contribution in [3.05, 3.63) is 16.6 Å². The second-order valence-corrected chi connectivity index (χ2v) is 2.98. The third-order valence-electron chi connectivity index (χ3n) is 1.40. The minimum atomic E-state index is -0.485. The highest BCUT2D eigenvalue weighted by atomic mass is 32.1. The molecule has 0 bridgehead atoms. The monoisotopic (exact) mass is 199 g/mol. The molecule has 0 N–H and O–H groups in total. The number of hydrogen-bond acceptors (Lipinski definition) is 5. The zero-order chi connectivity index (χ0) is 9.84. The number of nitrogens with zero attached hydrogens (tertiary/aromatic N) is 1. The lowest BCUT2D eigenvalue weighted by atomic mass is 10.2. The molecule has 1 rings (SSSR count). The third-order valence-corrected chi connectivity index (χ3v) is 2.03. The summed E-state index contributed by atoms with van der Waals surface area (Å²) >= 11 is 1.08. The van der Waals surface area contributed by atoms with Gasteiger partial charge in [0.2, 0.25) is 0 Å². The molecule has 0 atom stereocenters. The Morgan fingerprint density at radius 3 is 2.85 bits per heavy atom. The Balaban J connectivity index is 2.93. The van der Waals surface area contributed by atoms with Crippen LogP contribution in [0.4, 0.5) is 0 Å². The van der Waals surface area contributed by atoms with Gasteiger partial charge in [-0.15, -0.1) is 0 Å². The topological polar surface area (TPSA) is 56.3 Å². The quantitative estimate of drug-likeness (QED) is 0.547. The van der Waals surface area contributed by atoms with Crippen LogP contribution in [0, 0.1) is 0 Å². The molecule has 1 heterocycles. The molecule has 1 aromatic rings. The first-order valence-corrected chi connectivity index (χ1v) is 4.63. The van der Waals surface area contributed by atoms with E-state index in [0.717, 1.165) is 11.5 Å². The summed E-state index contributed by atoms with van der Waals surface area (Å²) < 4.78 is 8.56. The summed E-state index contributed by atoms with van der Waals surface area (Å²) in [6, 6.07) is 0. The van der Waals surface area contributed by atoms with Crippen molar-refractivity contribution in [2.45, 2.75) is 13.8 Å². The number of aromatic nitrogens is 1. The lowest BCUT2D eigenvalue weighted by Gasteiger charge is -1.98. The average Bonchev–Trinajstić information content (AvgIpc) is 2.52. The molecule has 0 saturated carbocycles. The smallest absolute Gasteiger partial charge is 0.341 e. The van der Waals surface area contributed by atoms with Crippen molar-refractivity contribution in [2.75, 3.05) is 6.61 Å². The first-order valence-electron chi connectivity index (χ1n) is 3.79. The van der Waals surface area contributed by atoms with Crippen molar-refractivity contribution >= 4 is 23.3 Å². The highest BCUT2D eigenvalue weighted by Gasteiger charge is 2.17. The lowest BCUT2D eigenvalue weighted by molar-refractivity contribution is 0.0523. The first kappa shape index (κ1) is 9.85. The molecule has 4 nitrogen and oxygen atoms in total. The molecule has 0 unspecified atom stereocenters. The molecule has 0 aromatic carbocycles. The van der Waals surface area contributed by atoms with Crippen LogP contribution in [0.25, 0.3) is 0 Å². The van der Waals surface area contributed by atoms with Gasteiger partial charge in [0.05, 0.1) is 6.61 Å². The Hall–Kier alpha value is -1.23. The van der Waals surface area contributed by atoms with Crippen LogP contribution in [0.3, 0.4) is 0 Å². The number of ketones is 1. The Bertz CT molecular complexity index is 332. The van der Waals surface area contributed by atoms with E-state index in [1.165, 1.54) is 12.3 Å².